The fourth-order valence-corrected chi connectivity index (χ4v) is 1.73. The van der Waals surface area contributed by atoms with Gasteiger partial charge in [-0.25, -0.2) is 4.98 Å². The van der Waals surface area contributed by atoms with Crippen molar-refractivity contribution in [3.63, 3.8) is 0 Å². The van der Waals surface area contributed by atoms with Gasteiger partial charge >= 0.3 is 0 Å². The minimum atomic E-state index is -0.0489. The first kappa shape index (κ1) is 10.1. The summed E-state index contributed by atoms with van der Waals surface area (Å²) in [5, 5.41) is 0. The first-order valence-corrected chi connectivity index (χ1v) is 5.42. The third-order valence-electron chi connectivity index (χ3n) is 2.78. The smallest absolute Gasteiger partial charge is 0.203 e. The molecule has 1 saturated carbocycles. The van der Waals surface area contributed by atoms with E-state index in [1.165, 1.54) is 18.9 Å². The van der Waals surface area contributed by atoms with Gasteiger partial charge in [-0.2, -0.15) is 0 Å². The lowest BCUT2D eigenvalue weighted by molar-refractivity contribution is 0.104. The molecule has 0 unspecified atom stereocenters. The van der Waals surface area contributed by atoms with E-state index >= 15 is 0 Å². The molecule has 78 valence electrons. The number of carbonyl (C=O) groups excluding carboxylic acids is 1. The molecule has 1 fully saturated rings. The molecule has 0 bridgehead atoms. The number of pyridine rings is 1. The summed E-state index contributed by atoms with van der Waals surface area (Å²) in [5.41, 5.74) is 2.70. The summed E-state index contributed by atoms with van der Waals surface area (Å²) in [6.07, 6.45) is 4.59. The van der Waals surface area contributed by atoms with E-state index < -0.39 is 0 Å². The molecule has 1 aliphatic carbocycles. The highest BCUT2D eigenvalue weighted by Crippen LogP contribution is 2.41. The van der Waals surface area contributed by atoms with Crippen molar-refractivity contribution < 1.29 is 4.79 Å². The standard InChI is InChI=1S/C13H15NO/c1-3-10-7-8-11(9-5-6-9)13(14-10)12(15)4-2/h4,7-9H,2-3,5-6H2,1H3. The number of allylic oxidation sites excluding steroid dienone is 1. The molecule has 1 aromatic rings. The van der Waals surface area contributed by atoms with Crippen molar-refractivity contribution in [2.75, 3.05) is 0 Å². The Hall–Kier alpha value is -1.44. The van der Waals surface area contributed by atoms with Crippen LogP contribution in [0.5, 0.6) is 0 Å². The molecule has 1 heterocycles. The predicted octanol–water partition coefficient (Wildman–Crippen LogP) is 2.89. The molecule has 2 rings (SSSR count). The summed E-state index contributed by atoms with van der Waals surface area (Å²) >= 11 is 0. The van der Waals surface area contributed by atoms with Gasteiger partial charge in [0, 0.05) is 5.69 Å². The van der Waals surface area contributed by atoms with E-state index in [2.05, 4.69) is 17.6 Å². The van der Waals surface area contributed by atoms with Crippen LogP contribution in [-0.2, 0) is 6.42 Å². The maximum Gasteiger partial charge on any atom is 0.203 e. The Bertz CT molecular complexity index is 405. The fraction of sp³-hybridized carbons (Fsp3) is 0.385. The molecule has 0 N–H and O–H groups in total. The zero-order chi connectivity index (χ0) is 10.8. The Morgan fingerprint density at radius 3 is 2.87 bits per heavy atom. The second-order valence-corrected chi connectivity index (χ2v) is 3.94. The van der Waals surface area contributed by atoms with Crippen LogP contribution in [-0.4, -0.2) is 10.8 Å². The molecule has 0 aliphatic heterocycles. The molecule has 1 aliphatic rings. The molecule has 0 saturated heterocycles. The van der Waals surface area contributed by atoms with Crippen molar-refractivity contribution >= 4 is 5.78 Å². The number of carbonyl (C=O) groups is 1. The zero-order valence-corrected chi connectivity index (χ0v) is 8.99. The number of aromatic nitrogens is 1. The van der Waals surface area contributed by atoms with Gasteiger partial charge in [0.25, 0.3) is 0 Å². The monoisotopic (exact) mass is 201 g/mol. The van der Waals surface area contributed by atoms with E-state index in [4.69, 9.17) is 0 Å². The van der Waals surface area contributed by atoms with Crippen molar-refractivity contribution in [3.8, 4) is 0 Å². The Balaban J connectivity index is 2.44. The van der Waals surface area contributed by atoms with Gasteiger partial charge in [-0.05, 0) is 42.9 Å². The molecule has 1 aromatic heterocycles. The Morgan fingerprint density at radius 1 is 1.60 bits per heavy atom. The molecule has 0 atom stereocenters. The molecular weight excluding hydrogens is 186 g/mol. The Morgan fingerprint density at radius 2 is 2.33 bits per heavy atom. The van der Waals surface area contributed by atoms with Gasteiger partial charge in [-0.3, -0.25) is 4.79 Å². The normalized spacial score (nSPS) is 15.0. The average Bonchev–Trinajstić information content (AvgIpc) is 3.11. The van der Waals surface area contributed by atoms with Crippen LogP contribution in [0.2, 0.25) is 0 Å². The van der Waals surface area contributed by atoms with Gasteiger partial charge in [0.1, 0.15) is 5.69 Å². The van der Waals surface area contributed by atoms with E-state index in [1.807, 2.05) is 13.0 Å². The fourth-order valence-electron chi connectivity index (χ4n) is 1.73. The number of aryl methyl sites for hydroxylation is 1. The van der Waals surface area contributed by atoms with Crippen molar-refractivity contribution in [1.29, 1.82) is 0 Å². The second-order valence-electron chi connectivity index (χ2n) is 3.94. The van der Waals surface area contributed by atoms with E-state index in [-0.39, 0.29) is 5.78 Å². The van der Waals surface area contributed by atoms with Crippen molar-refractivity contribution in [1.82, 2.24) is 4.98 Å². The van der Waals surface area contributed by atoms with Gasteiger partial charge in [0.05, 0.1) is 0 Å². The van der Waals surface area contributed by atoms with Crippen molar-refractivity contribution in [3.05, 3.63) is 41.7 Å². The molecule has 0 aromatic carbocycles. The lowest BCUT2D eigenvalue weighted by Crippen LogP contribution is -2.05. The maximum atomic E-state index is 11.7. The number of hydrogen-bond acceptors (Lipinski definition) is 2. The van der Waals surface area contributed by atoms with Gasteiger partial charge < -0.3 is 0 Å². The third kappa shape index (κ3) is 1.99. The van der Waals surface area contributed by atoms with E-state index in [1.54, 1.807) is 0 Å². The van der Waals surface area contributed by atoms with Crippen LogP contribution in [0, 0.1) is 0 Å². The van der Waals surface area contributed by atoms with Crippen LogP contribution in [0.3, 0.4) is 0 Å². The summed E-state index contributed by atoms with van der Waals surface area (Å²) in [7, 11) is 0. The SMILES string of the molecule is C=CC(=O)c1nc(CC)ccc1C1CC1. The molecule has 2 nitrogen and oxygen atoms in total. The molecule has 0 amide bonds. The Kier molecular flexibility index (Phi) is 2.67. The first-order chi connectivity index (χ1) is 7.26. The maximum absolute atomic E-state index is 11.7. The zero-order valence-electron chi connectivity index (χ0n) is 8.99. The number of ketones is 1. The summed E-state index contributed by atoms with van der Waals surface area (Å²) in [6.45, 7) is 5.57. The lowest BCUT2D eigenvalue weighted by Gasteiger charge is -2.06. The number of rotatable bonds is 4. The van der Waals surface area contributed by atoms with Crippen molar-refractivity contribution in [2.45, 2.75) is 32.1 Å². The lowest BCUT2D eigenvalue weighted by atomic mass is 10.0. The molecule has 0 spiro atoms. The van der Waals surface area contributed by atoms with Gasteiger partial charge in [0.15, 0.2) is 0 Å². The second kappa shape index (κ2) is 3.97. The highest BCUT2D eigenvalue weighted by atomic mass is 16.1. The average molecular weight is 201 g/mol. The van der Waals surface area contributed by atoms with Crippen LogP contribution in [0.15, 0.2) is 24.8 Å². The highest BCUT2D eigenvalue weighted by Gasteiger charge is 2.28. The van der Waals surface area contributed by atoms with Crippen LogP contribution in [0.4, 0.5) is 0 Å². The summed E-state index contributed by atoms with van der Waals surface area (Å²) in [5.74, 6) is 0.509. The topological polar surface area (TPSA) is 30.0 Å². The highest BCUT2D eigenvalue weighted by molar-refractivity contribution is 6.03. The minimum absolute atomic E-state index is 0.0489. The third-order valence-corrected chi connectivity index (χ3v) is 2.78. The van der Waals surface area contributed by atoms with Gasteiger partial charge in [0.2, 0.25) is 5.78 Å². The minimum Gasteiger partial charge on any atom is -0.288 e. The van der Waals surface area contributed by atoms with Crippen LogP contribution < -0.4 is 0 Å². The summed E-state index contributed by atoms with van der Waals surface area (Å²) < 4.78 is 0. The van der Waals surface area contributed by atoms with Gasteiger partial charge in [-0.1, -0.05) is 19.6 Å². The molecule has 2 heteroatoms. The first-order valence-electron chi connectivity index (χ1n) is 5.42. The van der Waals surface area contributed by atoms with Crippen LogP contribution in [0.1, 0.15) is 47.4 Å². The largest absolute Gasteiger partial charge is 0.288 e. The summed E-state index contributed by atoms with van der Waals surface area (Å²) in [4.78, 5) is 16.1. The molecule has 15 heavy (non-hydrogen) atoms. The van der Waals surface area contributed by atoms with Crippen LogP contribution >= 0.6 is 0 Å². The quantitative estimate of drug-likeness (QED) is 0.554. The predicted molar refractivity (Wildman–Crippen MR) is 60.1 cm³/mol. The summed E-state index contributed by atoms with van der Waals surface area (Å²) in [6, 6.07) is 4.08. The van der Waals surface area contributed by atoms with Crippen molar-refractivity contribution in [2.24, 2.45) is 0 Å². The van der Waals surface area contributed by atoms with E-state index in [9.17, 15) is 4.79 Å². The molecular formula is C13H15NO. The van der Waals surface area contributed by atoms with Gasteiger partial charge in [-0.15, -0.1) is 0 Å². The van der Waals surface area contributed by atoms with E-state index in [0.29, 0.717) is 11.6 Å². The molecule has 0 radical (unpaired) electrons. The van der Waals surface area contributed by atoms with E-state index in [0.717, 1.165) is 17.7 Å². The Labute approximate surface area is 90.0 Å². The number of nitrogens with zero attached hydrogens (tertiary/aromatic N) is 1. The van der Waals surface area contributed by atoms with Crippen LogP contribution in [0.25, 0.3) is 0 Å². The number of hydrogen-bond donors (Lipinski definition) is 0.